The lowest BCUT2D eigenvalue weighted by atomic mass is 10.1. The number of ketones is 1. The van der Waals surface area contributed by atoms with Crippen molar-refractivity contribution >= 4 is 11.7 Å². The average Bonchev–Trinajstić information content (AvgIpc) is 2.24. The van der Waals surface area contributed by atoms with Crippen LogP contribution in [0.4, 0.5) is 5.95 Å². The molecule has 0 fully saturated rings. The first kappa shape index (κ1) is 12.6. The predicted octanol–water partition coefficient (Wildman–Crippen LogP) is 2.38. The second-order valence-electron chi connectivity index (χ2n) is 4.19. The van der Waals surface area contributed by atoms with Gasteiger partial charge in [0.1, 0.15) is 5.78 Å². The maximum Gasteiger partial charge on any atom is 0.222 e. The molecule has 0 radical (unpaired) electrons. The number of aromatic nitrogens is 2. The Hall–Kier alpha value is -1.45. The Morgan fingerprint density at radius 1 is 1.50 bits per heavy atom. The fourth-order valence-electron chi connectivity index (χ4n) is 1.32. The van der Waals surface area contributed by atoms with E-state index in [1.165, 1.54) is 0 Å². The topological polar surface area (TPSA) is 54.9 Å². The lowest BCUT2D eigenvalue weighted by Gasteiger charge is -2.07. The Kier molecular flexibility index (Phi) is 4.89. The van der Waals surface area contributed by atoms with Gasteiger partial charge < -0.3 is 10.1 Å². The van der Waals surface area contributed by atoms with Crippen LogP contribution >= 0.6 is 0 Å². The summed E-state index contributed by atoms with van der Waals surface area (Å²) < 4.78 is 0. The Morgan fingerprint density at radius 3 is 2.88 bits per heavy atom. The van der Waals surface area contributed by atoms with Gasteiger partial charge in [0.05, 0.1) is 0 Å². The third-order valence-electron chi connectivity index (χ3n) is 2.26. The van der Waals surface area contributed by atoms with E-state index in [0.717, 1.165) is 18.7 Å². The number of hydrogen-bond acceptors (Lipinski definition) is 4. The van der Waals surface area contributed by atoms with Gasteiger partial charge in [0.2, 0.25) is 5.95 Å². The van der Waals surface area contributed by atoms with Crippen LogP contribution in [0, 0.1) is 0 Å². The molecule has 0 aliphatic rings. The second-order valence-corrected chi connectivity index (χ2v) is 4.19. The zero-order valence-electron chi connectivity index (χ0n) is 10.2. The molecule has 0 aliphatic carbocycles. The zero-order chi connectivity index (χ0) is 12.0. The smallest absolute Gasteiger partial charge is 0.222 e. The number of nitrogens with zero attached hydrogens (tertiary/aromatic N) is 2. The molecule has 0 unspecified atom stereocenters. The van der Waals surface area contributed by atoms with Gasteiger partial charge in [-0.3, -0.25) is 0 Å². The summed E-state index contributed by atoms with van der Waals surface area (Å²) in [5.41, 5.74) is 1.03. The molecule has 16 heavy (non-hydrogen) atoms. The second kappa shape index (κ2) is 6.20. The minimum absolute atomic E-state index is 0.221. The van der Waals surface area contributed by atoms with Crippen LogP contribution < -0.4 is 5.32 Å². The lowest BCUT2D eigenvalue weighted by Crippen LogP contribution is -2.08. The van der Waals surface area contributed by atoms with E-state index in [2.05, 4.69) is 29.1 Å². The van der Waals surface area contributed by atoms with E-state index in [0.29, 0.717) is 18.3 Å². The number of anilines is 1. The fourth-order valence-corrected chi connectivity index (χ4v) is 1.32. The standard InChI is InChI=1S/C12H19N3O/c1-9(2)11-6-8-14-12(15-11)13-7-4-5-10(3)16/h6,8-9H,4-5,7H2,1-3H3,(H,13,14,15). The molecule has 0 aliphatic heterocycles. The van der Waals surface area contributed by atoms with Crippen LogP contribution in [0.2, 0.25) is 0 Å². The number of hydrogen-bond donors (Lipinski definition) is 1. The maximum absolute atomic E-state index is 10.7. The highest BCUT2D eigenvalue weighted by Crippen LogP contribution is 2.11. The third-order valence-corrected chi connectivity index (χ3v) is 2.26. The molecule has 1 heterocycles. The molecule has 1 N–H and O–H groups in total. The largest absolute Gasteiger partial charge is 0.354 e. The monoisotopic (exact) mass is 221 g/mol. The Labute approximate surface area is 96.5 Å². The highest BCUT2D eigenvalue weighted by Gasteiger charge is 2.02. The molecule has 0 bridgehead atoms. The molecule has 88 valence electrons. The van der Waals surface area contributed by atoms with Gasteiger partial charge >= 0.3 is 0 Å². The predicted molar refractivity (Wildman–Crippen MR) is 64.5 cm³/mol. The van der Waals surface area contributed by atoms with Gasteiger partial charge in [-0.1, -0.05) is 13.8 Å². The number of nitrogens with one attached hydrogen (secondary N) is 1. The summed E-state index contributed by atoms with van der Waals surface area (Å²) in [6.07, 6.45) is 3.19. The summed E-state index contributed by atoms with van der Waals surface area (Å²) in [4.78, 5) is 19.3. The van der Waals surface area contributed by atoms with Crippen molar-refractivity contribution in [3.05, 3.63) is 18.0 Å². The Morgan fingerprint density at radius 2 is 2.25 bits per heavy atom. The normalized spacial score (nSPS) is 10.5. The van der Waals surface area contributed by atoms with E-state index in [-0.39, 0.29) is 5.78 Å². The summed E-state index contributed by atoms with van der Waals surface area (Å²) in [6.45, 7) is 6.54. The molecule has 0 amide bonds. The Bertz CT molecular complexity index is 350. The molecular formula is C12H19N3O. The van der Waals surface area contributed by atoms with Gasteiger partial charge in [-0.15, -0.1) is 0 Å². The minimum atomic E-state index is 0.221. The first-order valence-electron chi connectivity index (χ1n) is 5.66. The zero-order valence-corrected chi connectivity index (χ0v) is 10.2. The van der Waals surface area contributed by atoms with Crippen LogP contribution in [-0.2, 0) is 4.79 Å². The molecule has 1 aromatic heterocycles. The summed E-state index contributed by atoms with van der Waals surface area (Å²) in [5.74, 6) is 1.27. The van der Waals surface area contributed by atoms with E-state index >= 15 is 0 Å². The lowest BCUT2D eigenvalue weighted by molar-refractivity contribution is -0.117. The first-order chi connectivity index (χ1) is 7.59. The van der Waals surface area contributed by atoms with E-state index < -0.39 is 0 Å². The van der Waals surface area contributed by atoms with E-state index in [1.54, 1.807) is 13.1 Å². The molecule has 1 rings (SSSR count). The maximum atomic E-state index is 10.7. The van der Waals surface area contributed by atoms with Crippen LogP contribution in [0.25, 0.3) is 0 Å². The minimum Gasteiger partial charge on any atom is -0.354 e. The van der Waals surface area contributed by atoms with E-state index in [4.69, 9.17) is 0 Å². The van der Waals surface area contributed by atoms with Crippen LogP contribution in [0.15, 0.2) is 12.3 Å². The van der Waals surface area contributed by atoms with Crippen LogP contribution in [0.1, 0.15) is 45.2 Å². The van der Waals surface area contributed by atoms with Crippen molar-refractivity contribution < 1.29 is 4.79 Å². The van der Waals surface area contributed by atoms with Gasteiger partial charge in [-0.05, 0) is 25.3 Å². The summed E-state index contributed by atoms with van der Waals surface area (Å²) in [7, 11) is 0. The number of rotatable bonds is 6. The van der Waals surface area contributed by atoms with Gasteiger partial charge in [-0.2, -0.15) is 0 Å². The van der Waals surface area contributed by atoms with Crippen LogP contribution in [0.3, 0.4) is 0 Å². The molecule has 0 aromatic carbocycles. The first-order valence-corrected chi connectivity index (χ1v) is 5.66. The molecule has 4 heteroatoms. The van der Waals surface area contributed by atoms with Crippen molar-refractivity contribution in [3.8, 4) is 0 Å². The van der Waals surface area contributed by atoms with Gasteiger partial charge in [-0.25, -0.2) is 9.97 Å². The van der Waals surface area contributed by atoms with Crippen molar-refractivity contribution in [2.75, 3.05) is 11.9 Å². The van der Waals surface area contributed by atoms with Crippen molar-refractivity contribution in [2.45, 2.75) is 39.5 Å². The van der Waals surface area contributed by atoms with Crippen LogP contribution in [-0.4, -0.2) is 22.3 Å². The molecular weight excluding hydrogens is 202 g/mol. The summed E-state index contributed by atoms with van der Waals surface area (Å²) >= 11 is 0. The summed E-state index contributed by atoms with van der Waals surface area (Å²) in [5, 5.41) is 3.12. The Balaban J connectivity index is 2.42. The molecule has 1 aromatic rings. The van der Waals surface area contributed by atoms with Crippen molar-refractivity contribution in [1.82, 2.24) is 9.97 Å². The van der Waals surface area contributed by atoms with Gasteiger partial charge in [0.25, 0.3) is 0 Å². The van der Waals surface area contributed by atoms with E-state index in [1.807, 2.05) is 6.07 Å². The average molecular weight is 221 g/mol. The van der Waals surface area contributed by atoms with Gasteiger partial charge in [0.15, 0.2) is 0 Å². The van der Waals surface area contributed by atoms with Gasteiger partial charge in [0, 0.05) is 24.9 Å². The highest BCUT2D eigenvalue weighted by atomic mass is 16.1. The fraction of sp³-hybridized carbons (Fsp3) is 0.583. The number of Topliss-reactive ketones (excluding diaryl/α,β-unsaturated/α-hetero) is 1. The quantitative estimate of drug-likeness (QED) is 0.749. The van der Waals surface area contributed by atoms with Crippen molar-refractivity contribution in [3.63, 3.8) is 0 Å². The molecule has 4 nitrogen and oxygen atoms in total. The van der Waals surface area contributed by atoms with Crippen molar-refractivity contribution in [2.24, 2.45) is 0 Å². The SMILES string of the molecule is CC(=O)CCCNc1nccc(C(C)C)n1. The van der Waals surface area contributed by atoms with Crippen LogP contribution in [0.5, 0.6) is 0 Å². The number of carbonyl (C=O) groups is 1. The van der Waals surface area contributed by atoms with Crippen molar-refractivity contribution in [1.29, 1.82) is 0 Å². The van der Waals surface area contributed by atoms with E-state index in [9.17, 15) is 4.79 Å². The molecule has 0 saturated heterocycles. The number of carbonyl (C=O) groups excluding carboxylic acids is 1. The highest BCUT2D eigenvalue weighted by molar-refractivity contribution is 5.75. The molecule has 0 atom stereocenters. The molecule has 0 spiro atoms. The molecule has 0 saturated carbocycles. The summed E-state index contributed by atoms with van der Waals surface area (Å²) in [6, 6.07) is 1.92. The third kappa shape index (κ3) is 4.38.